The van der Waals surface area contributed by atoms with Crippen LogP contribution in [0.15, 0.2) is 61.1 Å². The van der Waals surface area contributed by atoms with Crippen molar-refractivity contribution in [3.05, 3.63) is 78.1 Å². The number of halogens is 1. The number of benzene rings is 1. The van der Waals surface area contributed by atoms with Gasteiger partial charge in [0.2, 0.25) is 0 Å². The first-order valence-electron chi connectivity index (χ1n) is 14.7. The number of aryl methyl sites for hydroxylation is 3. The minimum absolute atomic E-state index is 0.345. The van der Waals surface area contributed by atoms with Crippen molar-refractivity contribution in [3.63, 3.8) is 0 Å². The van der Waals surface area contributed by atoms with Gasteiger partial charge in [0.05, 0.1) is 18.1 Å². The van der Waals surface area contributed by atoms with E-state index in [1.165, 1.54) is 17.8 Å². The number of aromatic nitrogens is 3. The molecular weight excluding hydrogens is 535 g/mol. The third-order valence-electron chi connectivity index (χ3n) is 7.72. The number of pyridine rings is 2. The summed E-state index contributed by atoms with van der Waals surface area (Å²) in [7, 11) is 1.95. The molecule has 1 aromatic carbocycles. The molecule has 1 aliphatic heterocycles. The van der Waals surface area contributed by atoms with E-state index < -0.39 is 17.8 Å². The Balaban J connectivity index is 1.18. The first kappa shape index (κ1) is 29.3. The number of hydrogen-bond donors (Lipinski definition) is 3. The molecule has 1 atom stereocenters. The average molecular weight is 575 g/mol. The molecule has 3 N–H and O–H groups in total. The molecule has 9 nitrogen and oxygen atoms in total. The molecule has 0 bridgehead atoms. The van der Waals surface area contributed by atoms with E-state index in [1.54, 1.807) is 0 Å². The Labute approximate surface area is 245 Å². The minimum atomic E-state index is -0.892. The van der Waals surface area contributed by atoms with Crippen LogP contribution in [0.4, 0.5) is 15.9 Å². The molecule has 4 aromatic rings. The summed E-state index contributed by atoms with van der Waals surface area (Å²) in [5.74, 6) is 0.0575. The second-order valence-electron chi connectivity index (χ2n) is 10.8. The summed E-state index contributed by atoms with van der Waals surface area (Å²) in [6.07, 6.45) is 9.98. The molecule has 0 spiro atoms. The van der Waals surface area contributed by atoms with Crippen LogP contribution in [0.5, 0.6) is 5.75 Å². The average Bonchev–Trinajstić information content (AvgIpc) is 3.31. The Bertz CT molecular complexity index is 1490. The van der Waals surface area contributed by atoms with Gasteiger partial charge in [0.25, 0.3) is 0 Å². The van der Waals surface area contributed by atoms with Gasteiger partial charge in [-0.3, -0.25) is 9.88 Å². The number of unbranched alkanes of at least 4 members (excludes halogenated alkanes) is 1. The van der Waals surface area contributed by atoms with Gasteiger partial charge < -0.3 is 25.0 Å². The maximum atomic E-state index is 13.5. The molecule has 0 unspecified atom stereocenters. The van der Waals surface area contributed by atoms with Crippen LogP contribution in [-0.4, -0.2) is 69.3 Å². The van der Waals surface area contributed by atoms with Gasteiger partial charge in [-0.05, 0) is 62.8 Å². The summed E-state index contributed by atoms with van der Waals surface area (Å²) < 4.78 is 21.3. The molecule has 0 aliphatic carbocycles. The minimum Gasteiger partial charge on any atom is -0.491 e. The number of rotatable bonds is 15. The summed E-state index contributed by atoms with van der Waals surface area (Å²) in [5.41, 5.74) is 4.22. The summed E-state index contributed by atoms with van der Waals surface area (Å²) >= 11 is 0. The molecule has 4 heterocycles. The number of carboxylic acids is 1. The van der Waals surface area contributed by atoms with Crippen LogP contribution in [0.3, 0.4) is 0 Å². The van der Waals surface area contributed by atoms with Crippen LogP contribution in [0.1, 0.15) is 36.9 Å². The molecule has 5 rings (SSSR count). The summed E-state index contributed by atoms with van der Waals surface area (Å²) in [5, 5.41) is 17.7. The molecule has 0 fully saturated rings. The highest BCUT2D eigenvalue weighted by atomic mass is 19.1. The van der Waals surface area contributed by atoms with E-state index in [0.29, 0.717) is 31.9 Å². The van der Waals surface area contributed by atoms with E-state index in [4.69, 9.17) is 9.72 Å². The fourth-order valence-electron chi connectivity index (χ4n) is 5.46. The van der Waals surface area contributed by atoms with Crippen LogP contribution >= 0.6 is 0 Å². The number of nitrogens with zero attached hydrogens (tertiary/aromatic N) is 4. The Kier molecular flexibility index (Phi) is 9.86. The molecule has 0 saturated heterocycles. The van der Waals surface area contributed by atoms with Crippen LogP contribution in [0.25, 0.3) is 10.9 Å². The van der Waals surface area contributed by atoms with Gasteiger partial charge in [0.1, 0.15) is 30.0 Å². The largest absolute Gasteiger partial charge is 0.491 e. The van der Waals surface area contributed by atoms with Gasteiger partial charge in [0.15, 0.2) is 0 Å². The van der Waals surface area contributed by atoms with Crippen molar-refractivity contribution < 1.29 is 19.0 Å². The molecule has 1 aliphatic rings. The SMILES string of the molecule is Cn1cc(N[C@@H](CCN(CCCCc2ccc3c(n2)NCCC3)CCOc2cncc(F)c2)C(=O)O)c2ccccc21. The van der Waals surface area contributed by atoms with Gasteiger partial charge in [-0.25, -0.2) is 14.2 Å². The Morgan fingerprint density at radius 1 is 1.19 bits per heavy atom. The van der Waals surface area contributed by atoms with Crippen LogP contribution in [0, 0.1) is 5.82 Å². The molecule has 10 heteroatoms. The van der Waals surface area contributed by atoms with Gasteiger partial charge in [-0.1, -0.05) is 24.3 Å². The number of para-hydroxylation sites is 1. The van der Waals surface area contributed by atoms with Gasteiger partial charge in [-0.2, -0.15) is 0 Å². The van der Waals surface area contributed by atoms with Crippen molar-refractivity contribution in [1.82, 2.24) is 19.4 Å². The van der Waals surface area contributed by atoms with E-state index >= 15 is 0 Å². The molecule has 222 valence electrons. The number of ether oxygens (including phenoxy) is 1. The van der Waals surface area contributed by atoms with Gasteiger partial charge in [-0.15, -0.1) is 0 Å². The first-order chi connectivity index (χ1) is 20.5. The summed E-state index contributed by atoms with van der Waals surface area (Å²) in [4.78, 5) is 23.1. The zero-order chi connectivity index (χ0) is 29.3. The fraction of sp³-hybridized carbons (Fsp3) is 0.406. The van der Waals surface area contributed by atoms with Crippen molar-refractivity contribution in [2.24, 2.45) is 7.05 Å². The third kappa shape index (κ3) is 7.76. The maximum absolute atomic E-state index is 13.5. The number of aliphatic carboxylic acids is 1. The lowest BCUT2D eigenvalue weighted by Crippen LogP contribution is -2.37. The van der Waals surface area contributed by atoms with Crippen molar-refractivity contribution in [2.75, 3.05) is 43.4 Å². The number of carbonyl (C=O) groups is 1. The molecular formula is C32H39FN6O3. The van der Waals surface area contributed by atoms with E-state index in [1.807, 2.05) is 42.1 Å². The number of carboxylic acid groups (broad SMARTS) is 1. The molecule has 3 aromatic heterocycles. The van der Waals surface area contributed by atoms with Crippen molar-refractivity contribution >= 4 is 28.4 Å². The normalized spacial score (nSPS) is 13.5. The highest BCUT2D eigenvalue weighted by Crippen LogP contribution is 2.26. The van der Waals surface area contributed by atoms with E-state index in [-0.39, 0.29) is 0 Å². The van der Waals surface area contributed by atoms with Crippen molar-refractivity contribution in [1.29, 1.82) is 0 Å². The summed E-state index contributed by atoms with van der Waals surface area (Å²) in [6.45, 7) is 3.25. The molecule has 0 saturated carbocycles. The molecule has 42 heavy (non-hydrogen) atoms. The number of nitrogens with one attached hydrogen (secondary N) is 2. The quantitative estimate of drug-likeness (QED) is 0.168. The van der Waals surface area contributed by atoms with E-state index in [9.17, 15) is 14.3 Å². The Morgan fingerprint density at radius 3 is 2.93 bits per heavy atom. The topological polar surface area (TPSA) is 105 Å². The van der Waals surface area contributed by atoms with Crippen LogP contribution < -0.4 is 15.4 Å². The van der Waals surface area contributed by atoms with Crippen LogP contribution in [0.2, 0.25) is 0 Å². The second kappa shape index (κ2) is 14.1. The lowest BCUT2D eigenvalue weighted by atomic mass is 10.1. The zero-order valence-electron chi connectivity index (χ0n) is 24.1. The zero-order valence-corrected chi connectivity index (χ0v) is 24.1. The summed E-state index contributed by atoms with van der Waals surface area (Å²) in [6, 6.07) is 12.8. The van der Waals surface area contributed by atoms with Gasteiger partial charge >= 0.3 is 5.97 Å². The smallest absolute Gasteiger partial charge is 0.326 e. The number of anilines is 2. The Morgan fingerprint density at radius 2 is 2.07 bits per heavy atom. The lowest BCUT2D eigenvalue weighted by molar-refractivity contribution is -0.138. The highest BCUT2D eigenvalue weighted by Gasteiger charge is 2.21. The van der Waals surface area contributed by atoms with E-state index in [2.05, 4.69) is 32.7 Å². The second-order valence-corrected chi connectivity index (χ2v) is 10.8. The Hall–Kier alpha value is -4.18. The standard InChI is InChI=1S/C32H39FN6O3/c1-38-22-29(27-9-2-3-10-30(27)38)37-28(32(40)41)13-16-39(17-18-42-26-19-24(33)20-34-21-26)15-5-4-8-25-12-11-23-7-6-14-35-31(23)36-25/h2-3,9-12,19-22,28,37H,4-8,13-18H2,1H3,(H,35,36)(H,40,41)/t28-/m0/s1. The van der Waals surface area contributed by atoms with Crippen LogP contribution in [-0.2, 0) is 24.7 Å². The number of hydrogen-bond acceptors (Lipinski definition) is 7. The lowest BCUT2D eigenvalue weighted by Gasteiger charge is -2.25. The monoisotopic (exact) mass is 574 g/mol. The van der Waals surface area contributed by atoms with E-state index in [0.717, 1.165) is 79.5 Å². The maximum Gasteiger partial charge on any atom is 0.326 e. The predicted molar refractivity (Wildman–Crippen MR) is 163 cm³/mol. The third-order valence-corrected chi connectivity index (χ3v) is 7.72. The van der Waals surface area contributed by atoms with Crippen molar-refractivity contribution in [3.8, 4) is 5.75 Å². The fourth-order valence-corrected chi connectivity index (χ4v) is 5.46. The number of fused-ring (bicyclic) bond motifs is 2. The first-order valence-corrected chi connectivity index (χ1v) is 14.7. The molecule has 0 amide bonds. The highest BCUT2D eigenvalue weighted by molar-refractivity contribution is 5.94. The van der Waals surface area contributed by atoms with Gasteiger partial charge in [0, 0.05) is 55.5 Å². The predicted octanol–water partition coefficient (Wildman–Crippen LogP) is 5.12. The van der Waals surface area contributed by atoms with Crippen molar-refractivity contribution in [2.45, 2.75) is 44.6 Å². The molecule has 0 radical (unpaired) electrons.